The molecule has 1 aromatic rings. The number of urea groups is 1. The minimum Gasteiger partial charge on any atom is -0.497 e. The molecule has 0 saturated carbocycles. The number of carbonyl (C=O) groups is 2. The van der Waals surface area contributed by atoms with E-state index in [1.54, 1.807) is 14.2 Å². The number of imide groups is 1. The van der Waals surface area contributed by atoms with E-state index in [4.69, 9.17) is 9.73 Å². The van der Waals surface area contributed by atoms with E-state index in [-0.39, 0.29) is 5.91 Å². The van der Waals surface area contributed by atoms with E-state index >= 15 is 0 Å². The summed E-state index contributed by atoms with van der Waals surface area (Å²) in [5.74, 6) is 1.37. The van der Waals surface area contributed by atoms with Crippen LogP contribution in [-0.4, -0.2) is 103 Å². The molecule has 30 heavy (non-hydrogen) atoms. The fourth-order valence-corrected chi connectivity index (χ4v) is 4.32. The smallest absolute Gasteiger partial charge is 0.325 e. The first-order chi connectivity index (χ1) is 14.5. The Kier molecular flexibility index (Phi) is 5.80. The first-order valence-corrected chi connectivity index (χ1v) is 10.5. The number of aliphatic imine (C=N–C) groups is 1. The number of guanidine groups is 1. The van der Waals surface area contributed by atoms with Crippen molar-refractivity contribution in [3.63, 3.8) is 0 Å². The van der Waals surface area contributed by atoms with Gasteiger partial charge >= 0.3 is 6.03 Å². The summed E-state index contributed by atoms with van der Waals surface area (Å²) in [6, 6.07) is 7.09. The van der Waals surface area contributed by atoms with Gasteiger partial charge < -0.3 is 24.3 Å². The second-order valence-corrected chi connectivity index (χ2v) is 7.91. The van der Waals surface area contributed by atoms with Crippen LogP contribution in [0.5, 0.6) is 5.75 Å². The van der Waals surface area contributed by atoms with Crippen molar-refractivity contribution in [3.8, 4) is 5.75 Å². The monoisotopic (exact) mass is 414 g/mol. The summed E-state index contributed by atoms with van der Waals surface area (Å²) in [4.78, 5) is 38.0. The topological polar surface area (TPSA) is 80.7 Å². The minimum atomic E-state index is -0.495. The standard InChI is InChI=1S/C21H30N6O3/c1-4-25-11-13-26(14-12-25)20-22-18-17(19(28)23-21(29)24(18)2)27(20)10-9-15-5-7-16(30-3)8-6-15/h5-8,17-18H,4,9-14H2,1-3H3,(H,23,28,29). The SMILES string of the molecule is CCN1CCN(C2=NC3C(C(=O)NC(=O)N3C)N2CCc2ccc(OC)cc2)CC1. The van der Waals surface area contributed by atoms with Crippen molar-refractivity contribution >= 4 is 17.9 Å². The van der Waals surface area contributed by atoms with Gasteiger partial charge in [0.25, 0.3) is 5.91 Å². The van der Waals surface area contributed by atoms with E-state index in [2.05, 4.69) is 26.9 Å². The molecule has 0 radical (unpaired) electrons. The lowest BCUT2D eigenvalue weighted by atomic mass is 10.1. The number of rotatable bonds is 5. The van der Waals surface area contributed by atoms with Crippen molar-refractivity contribution in [2.75, 3.05) is 53.4 Å². The van der Waals surface area contributed by atoms with Crippen LogP contribution in [0.4, 0.5) is 4.79 Å². The maximum absolute atomic E-state index is 12.7. The Balaban J connectivity index is 1.54. The number of amides is 3. The zero-order valence-corrected chi connectivity index (χ0v) is 17.9. The van der Waals surface area contributed by atoms with Gasteiger partial charge in [0.15, 0.2) is 18.2 Å². The lowest BCUT2D eigenvalue weighted by Gasteiger charge is -2.40. The van der Waals surface area contributed by atoms with Gasteiger partial charge in [0.1, 0.15) is 5.75 Å². The number of nitrogens with zero attached hydrogens (tertiary/aromatic N) is 5. The highest BCUT2D eigenvalue weighted by atomic mass is 16.5. The van der Waals surface area contributed by atoms with Crippen LogP contribution in [0, 0.1) is 0 Å². The number of hydrogen-bond acceptors (Lipinski definition) is 7. The average molecular weight is 415 g/mol. The number of methoxy groups -OCH3 is 1. The first-order valence-electron chi connectivity index (χ1n) is 10.5. The highest BCUT2D eigenvalue weighted by Crippen LogP contribution is 2.26. The molecule has 3 aliphatic heterocycles. The molecule has 1 N–H and O–H groups in total. The third kappa shape index (κ3) is 3.81. The number of likely N-dealkylation sites (N-methyl/N-ethyl adjacent to an activating group) is 2. The number of benzene rings is 1. The van der Waals surface area contributed by atoms with Crippen molar-refractivity contribution in [2.45, 2.75) is 25.6 Å². The maximum Gasteiger partial charge on any atom is 0.325 e. The third-order valence-electron chi connectivity index (χ3n) is 6.24. The number of carbonyl (C=O) groups excluding carboxylic acids is 2. The average Bonchev–Trinajstić information content (AvgIpc) is 3.16. The van der Waals surface area contributed by atoms with Crippen LogP contribution >= 0.6 is 0 Å². The Labute approximate surface area is 177 Å². The van der Waals surface area contributed by atoms with Gasteiger partial charge in [0, 0.05) is 39.8 Å². The second kappa shape index (κ2) is 8.51. The molecule has 3 amide bonds. The summed E-state index contributed by atoms with van der Waals surface area (Å²) in [6.07, 6.45) is 0.285. The van der Waals surface area contributed by atoms with Gasteiger partial charge in [-0.1, -0.05) is 19.1 Å². The number of fused-ring (bicyclic) bond motifs is 1. The summed E-state index contributed by atoms with van der Waals surface area (Å²) in [5, 5.41) is 2.47. The van der Waals surface area contributed by atoms with Crippen molar-refractivity contribution in [1.29, 1.82) is 0 Å². The van der Waals surface area contributed by atoms with Crippen LogP contribution in [0.15, 0.2) is 29.3 Å². The molecule has 2 atom stereocenters. The molecule has 2 unspecified atom stereocenters. The Bertz CT molecular complexity index is 819. The van der Waals surface area contributed by atoms with Crippen LogP contribution in [0.3, 0.4) is 0 Å². The van der Waals surface area contributed by atoms with E-state index in [1.807, 2.05) is 24.3 Å². The quantitative estimate of drug-likeness (QED) is 0.752. The maximum atomic E-state index is 12.7. The summed E-state index contributed by atoms with van der Waals surface area (Å²) in [7, 11) is 3.35. The summed E-state index contributed by atoms with van der Waals surface area (Å²) >= 11 is 0. The molecule has 9 nitrogen and oxygen atoms in total. The fourth-order valence-electron chi connectivity index (χ4n) is 4.32. The predicted octanol–water partition coefficient (Wildman–Crippen LogP) is 0.423. The highest BCUT2D eigenvalue weighted by molar-refractivity contribution is 6.03. The number of nitrogens with one attached hydrogen (secondary N) is 1. The molecule has 0 aliphatic carbocycles. The lowest BCUT2D eigenvalue weighted by molar-refractivity contribution is -0.127. The van der Waals surface area contributed by atoms with Crippen molar-refractivity contribution in [3.05, 3.63) is 29.8 Å². The summed E-state index contributed by atoms with van der Waals surface area (Å²) < 4.78 is 5.24. The Morgan fingerprint density at radius 3 is 2.47 bits per heavy atom. The number of ether oxygens (including phenoxy) is 1. The Morgan fingerprint density at radius 1 is 1.13 bits per heavy atom. The van der Waals surface area contributed by atoms with Crippen molar-refractivity contribution in [1.82, 2.24) is 24.9 Å². The van der Waals surface area contributed by atoms with Gasteiger partial charge in [-0.05, 0) is 30.7 Å². The minimum absolute atomic E-state index is 0.274. The van der Waals surface area contributed by atoms with Gasteiger partial charge in [0.2, 0.25) is 0 Å². The van der Waals surface area contributed by atoms with E-state index < -0.39 is 18.2 Å². The first kappa shape index (κ1) is 20.5. The van der Waals surface area contributed by atoms with Gasteiger partial charge in [-0.3, -0.25) is 10.1 Å². The summed E-state index contributed by atoms with van der Waals surface area (Å²) in [6.45, 7) is 7.52. The molecule has 0 aromatic heterocycles. The highest BCUT2D eigenvalue weighted by Gasteiger charge is 2.49. The van der Waals surface area contributed by atoms with Gasteiger partial charge in [-0.25, -0.2) is 9.79 Å². The van der Waals surface area contributed by atoms with Gasteiger partial charge in [-0.15, -0.1) is 0 Å². The molecule has 3 aliphatic rings. The molecule has 1 aromatic carbocycles. The van der Waals surface area contributed by atoms with Crippen LogP contribution in [-0.2, 0) is 11.2 Å². The zero-order chi connectivity index (χ0) is 21.3. The number of piperazine rings is 1. The lowest BCUT2D eigenvalue weighted by Crippen LogP contribution is -2.64. The van der Waals surface area contributed by atoms with Crippen LogP contribution in [0.1, 0.15) is 12.5 Å². The molecule has 3 heterocycles. The molecular weight excluding hydrogens is 384 g/mol. The third-order valence-corrected chi connectivity index (χ3v) is 6.24. The molecular formula is C21H30N6O3. The molecule has 0 bridgehead atoms. The fraction of sp³-hybridized carbons (Fsp3) is 0.571. The Morgan fingerprint density at radius 2 is 1.83 bits per heavy atom. The van der Waals surface area contributed by atoms with Crippen LogP contribution in [0.25, 0.3) is 0 Å². The normalized spacial score (nSPS) is 24.6. The van der Waals surface area contributed by atoms with E-state index in [9.17, 15) is 9.59 Å². The largest absolute Gasteiger partial charge is 0.497 e. The second-order valence-electron chi connectivity index (χ2n) is 7.91. The molecule has 0 spiro atoms. The molecule has 9 heteroatoms. The molecule has 2 fully saturated rings. The zero-order valence-electron chi connectivity index (χ0n) is 17.9. The van der Waals surface area contributed by atoms with E-state index in [1.165, 1.54) is 4.90 Å². The molecule has 4 rings (SSSR count). The van der Waals surface area contributed by atoms with Crippen molar-refractivity contribution < 1.29 is 14.3 Å². The van der Waals surface area contributed by atoms with Crippen LogP contribution in [0.2, 0.25) is 0 Å². The van der Waals surface area contributed by atoms with Crippen LogP contribution < -0.4 is 10.1 Å². The molecule has 162 valence electrons. The Hall–Kier alpha value is -2.81. The van der Waals surface area contributed by atoms with Gasteiger partial charge in [0.05, 0.1) is 7.11 Å². The van der Waals surface area contributed by atoms with Crippen molar-refractivity contribution in [2.24, 2.45) is 4.99 Å². The predicted molar refractivity (Wildman–Crippen MR) is 113 cm³/mol. The van der Waals surface area contributed by atoms with E-state index in [0.717, 1.165) is 56.4 Å². The summed E-state index contributed by atoms with van der Waals surface area (Å²) in [5.41, 5.74) is 1.16. The number of hydrogen-bond donors (Lipinski definition) is 1. The van der Waals surface area contributed by atoms with Gasteiger partial charge in [-0.2, -0.15) is 0 Å². The molecule has 2 saturated heterocycles. The van der Waals surface area contributed by atoms with E-state index in [0.29, 0.717) is 6.54 Å².